The van der Waals surface area contributed by atoms with Gasteiger partial charge in [-0.05, 0) is 42.2 Å². The van der Waals surface area contributed by atoms with E-state index in [0.29, 0.717) is 0 Å². The maximum absolute atomic E-state index is 6.42. The summed E-state index contributed by atoms with van der Waals surface area (Å²) in [6.45, 7) is 0. The molecule has 3 N–H and O–H groups in total. The van der Waals surface area contributed by atoms with Gasteiger partial charge in [-0.15, -0.1) is 0 Å². The number of nitrogens with two attached hydrogens (primary N) is 1. The van der Waals surface area contributed by atoms with Crippen LogP contribution in [0.1, 0.15) is 23.6 Å². The molecule has 4 aromatic rings. The van der Waals surface area contributed by atoms with E-state index in [1.54, 1.807) is 0 Å². The molecule has 0 aliphatic carbocycles. The normalized spacial score (nSPS) is 12.0. The SMILES string of the molecule is CN(C)c1cc(Nc2ccc(C(N)CCc3ccccc3)cc2)nc2ccccc12. The van der Waals surface area contributed by atoms with Crippen molar-refractivity contribution in [3.63, 3.8) is 0 Å². The smallest absolute Gasteiger partial charge is 0.133 e. The maximum Gasteiger partial charge on any atom is 0.133 e. The van der Waals surface area contributed by atoms with Crippen molar-refractivity contribution in [3.05, 3.63) is 96.1 Å². The summed E-state index contributed by atoms with van der Waals surface area (Å²) in [7, 11) is 4.11. The van der Waals surface area contributed by atoms with Gasteiger partial charge in [-0.3, -0.25) is 0 Å². The van der Waals surface area contributed by atoms with E-state index in [1.807, 2.05) is 24.3 Å². The molecular weight excluding hydrogens is 368 g/mol. The molecule has 1 aromatic heterocycles. The van der Waals surface area contributed by atoms with Crippen LogP contribution in [0, 0.1) is 0 Å². The second-order valence-corrected chi connectivity index (χ2v) is 7.82. The number of fused-ring (bicyclic) bond motifs is 1. The van der Waals surface area contributed by atoms with Gasteiger partial charge in [0.2, 0.25) is 0 Å². The van der Waals surface area contributed by atoms with Crippen LogP contribution in [-0.2, 0) is 6.42 Å². The number of nitrogens with zero attached hydrogens (tertiary/aromatic N) is 2. The number of aryl methyl sites for hydroxylation is 1. The standard InChI is InChI=1S/C26H28N4/c1-30(2)25-18-26(29-24-11-7-6-10-22(24)25)28-21-15-13-20(14-16-21)23(27)17-12-19-8-4-3-5-9-19/h3-11,13-16,18,23H,12,17,27H2,1-2H3,(H,28,29). The fourth-order valence-electron chi connectivity index (χ4n) is 3.69. The lowest BCUT2D eigenvalue weighted by molar-refractivity contribution is 0.651. The molecule has 3 aromatic carbocycles. The first-order valence-electron chi connectivity index (χ1n) is 10.3. The number of rotatable bonds is 7. The summed E-state index contributed by atoms with van der Waals surface area (Å²) >= 11 is 0. The lowest BCUT2D eigenvalue weighted by Gasteiger charge is -2.17. The van der Waals surface area contributed by atoms with Crippen molar-refractivity contribution >= 4 is 28.1 Å². The highest BCUT2D eigenvalue weighted by atomic mass is 15.1. The second kappa shape index (κ2) is 8.97. The molecule has 0 aliphatic rings. The van der Waals surface area contributed by atoms with E-state index in [-0.39, 0.29) is 6.04 Å². The van der Waals surface area contributed by atoms with Crippen molar-refractivity contribution in [1.82, 2.24) is 4.98 Å². The molecule has 1 atom stereocenters. The van der Waals surface area contributed by atoms with Crippen LogP contribution in [0.5, 0.6) is 0 Å². The highest BCUT2D eigenvalue weighted by Gasteiger charge is 2.09. The quantitative estimate of drug-likeness (QED) is 0.422. The Kier molecular flexibility index (Phi) is 5.96. The minimum atomic E-state index is 0.0263. The van der Waals surface area contributed by atoms with Crippen LogP contribution >= 0.6 is 0 Å². The van der Waals surface area contributed by atoms with E-state index in [0.717, 1.165) is 46.5 Å². The molecule has 0 fully saturated rings. The number of hydrogen-bond donors (Lipinski definition) is 2. The number of pyridine rings is 1. The lowest BCUT2D eigenvalue weighted by atomic mass is 9.99. The molecular formula is C26H28N4. The summed E-state index contributed by atoms with van der Waals surface area (Å²) in [6.07, 6.45) is 1.91. The molecule has 0 saturated carbocycles. The van der Waals surface area contributed by atoms with E-state index >= 15 is 0 Å². The van der Waals surface area contributed by atoms with E-state index in [2.05, 4.69) is 85.0 Å². The fraction of sp³-hybridized carbons (Fsp3) is 0.192. The van der Waals surface area contributed by atoms with Crippen LogP contribution in [0.2, 0.25) is 0 Å². The number of nitrogens with one attached hydrogen (secondary N) is 1. The third-order valence-corrected chi connectivity index (χ3v) is 5.37. The van der Waals surface area contributed by atoms with Crippen molar-refractivity contribution in [3.8, 4) is 0 Å². The Bertz CT molecular complexity index is 1100. The van der Waals surface area contributed by atoms with Crippen molar-refractivity contribution < 1.29 is 0 Å². The highest BCUT2D eigenvalue weighted by Crippen LogP contribution is 2.29. The largest absolute Gasteiger partial charge is 0.377 e. The molecule has 1 unspecified atom stereocenters. The minimum absolute atomic E-state index is 0.0263. The van der Waals surface area contributed by atoms with Crippen molar-refractivity contribution in [1.29, 1.82) is 0 Å². The predicted octanol–water partition coefficient (Wildman–Crippen LogP) is 5.68. The summed E-state index contributed by atoms with van der Waals surface area (Å²) in [6, 6.07) is 29.2. The van der Waals surface area contributed by atoms with Crippen LogP contribution in [0.15, 0.2) is 84.9 Å². The van der Waals surface area contributed by atoms with Gasteiger partial charge in [0, 0.05) is 43.0 Å². The molecule has 30 heavy (non-hydrogen) atoms. The van der Waals surface area contributed by atoms with Crippen LogP contribution in [0.3, 0.4) is 0 Å². The Morgan fingerprint density at radius 1 is 0.900 bits per heavy atom. The Morgan fingerprint density at radius 3 is 2.33 bits per heavy atom. The van der Waals surface area contributed by atoms with E-state index in [1.165, 1.54) is 5.56 Å². The van der Waals surface area contributed by atoms with Gasteiger partial charge in [-0.2, -0.15) is 0 Å². The van der Waals surface area contributed by atoms with Gasteiger partial charge in [0.15, 0.2) is 0 Å². The topological polar surface area (TPSA) is 54.2 Å². The minimum Gasteiger partial charge on any atom is -0.377 e. The molecule has 4 nitrogen and oxygen atoms in total. The molecule has 0 spiro atoms. The second-order valence-electron chi connectivity index (χ2n) is 7.82. The molecule has 0 radical (unpaired) electrons. The third-order valence-electron chi connectivity index (χ3n) is 5.37. The first kappa shape index (κ1) is 19.9. The molecule has 4 heteroatoms. The zero-order valence-electron chi connectivity index (χ0n) is 17.5. The summed E-state index contributed by atoms with van der Waals surface area (Å²) in [5, 5.41) is 4.58. The van der Waals surface area contributed by atoms with E-state index < -0.39 is 0 Å². The average Bonchev–Trinajstić information content (AvgIpc) is 2.78. The number of benzene rings is 3. The van der Waals surface area contributed by atoms with Gasteiger partial charge in [0.05, 0.1) is 5.52 Å². The van der Waals surface area contributed by atoms with Gasteiger partial charge in [0.25, 0.3) is 0 Å². The summed E-state index contributed by atoms with van der Waals surface area (Å²) < 4.78 is 0. The lowest BCUT2D eigenvalue weighted by Crippen LogP contribution is -2.11. The molecule has 1 heterocycles. The zero-order valence-corrected chi connectivity index (χ0v) is 17.5. The summed E-state index contributed by atoms with van der Waals surface area (Å²) in [5.41, 5.74) is 12.0. The molecule has 0 amide bonds. The van der Waals surface area contributed by atoms with Crippen molar-refractivity contribution in [2.24, 2.45) is 5.73 Å². The summed E-state index contributed by atoms with van der Waals surface area (Å²) in [4.78, 5) is 6.89. The third kappa shape index (κ3) is 4.61. The first-order valence-corrected chi connectivity index (χ1v) is 10.3. The molecule has 152 valence electrons. The van der Waals surface area contributed by atoms with Crippen LogP contribution in [0.25, 0.3) is 10.9 Å². The highest BCUT2D eigenvalue weighted by molar-refractivity contribution is 5.93. The molecule has 4 rings (SSSR count). The van der Waals surface area contributed by atoms with Gasteiger partial charge in [0.1, 0.15) is 5.82 Å². The Balaban J connectivity index is 1.47. The molecule has 0 saturated heterocycles. The van der Waals surface area contributed by atoms with Gasteiger partial charge < -0.3 is 16.0 Å². The van der Waals surface area contributed by atoms with Crippen LogP contribution < -0.4 is 16.0 Å². The van der Waals surface area contributed by atoms with Crippen molar-refractivity contribution in [2.45, 2.75) is 18.9 Å². The number of para-hydroxylation sites is 1. The van der Waals surface area contributed by atoms with Gasteiger partial charge >= 0.3 is 0 Å². The fourth-order valence-corrected chi connectivity index (χ4v) is 3.69. The molecule has 0 aliphatic heterocycles. The monoisotopic (exact) mass is 396 g/mol. The maximum atomic E-state index is 6.42. The van der Waals surface area contributed by atoms with Crippen molar-refractivity contribution in [2.75, 3.05) is 24.3 Å². The predicted molar refractivity (Wildman–Crippen MR) is 127 cm³/mol. The zero-order chi connectivity index (χ0) is 20.9. The van der Waals surface area contributed by atoms with Gasteiger partial charge in [-0.1, -0.05) is 60.7 Å². The Hall–Kier alpha value is -3.37. The Labute approximate surface area is 178 Å². The number of hydrogen-bond acceptors (Lipinski definition) is 4. The molecule has 0 bridgehead atoms. The average molecular weight is 397 g/mol. The van der Waals surface area contributed by atoms with Gasteiger partial charge in [-0.25, -0.2) is 4.98 Å². The van der Waals surface area contributed by atoms with E-state index in [4.69, 9.17) is 10.7 Å². The van der Waals surface area contributed by atoms with E-state index in [9.17, 15) is 0 Å². The summed E-state index contributed by atoms with van der Waals surface area (Å²) in [5.74, 6) is 0.832. The Morgan fingerprint density at radius 2 is 1.60 bits per heavy atom. The first-order chi connectivity index (χ1) is 14.6. The van der Waals surface area contributed by atoms with Crippen LogP contribution in [-0.4, -0.2) is 19.1 Å². The van der Waals surface area contributed by atoms with Crippen LogP contribution in [0.4, 0.5) is 17.2 Å². The number of anilines is 3. The number of aromatic nitrogens is 1.